The Labute approximate surface area is 233 Å². The van der Waals surface area contributed by atoms with Crippen molar-refractivity contribution in [2.24, 2.45) is 0 Å². The third-order valence-electron chi connectivity index (χ3n) is 6.75. The van der Waals surface area contributed by atoms with Crippen LogP contribution >= 0.6 is 23.2 Å². The van der Waals surface area contributed by atoms with Gasteiger partial charge in [-0.3, -0.25) is 9.59 Å². The van der Waals surface area contributed by atoms with Crippen molar-refractivity contribution in [3.05, 3.63) is 94.0 Å². The van der Waals surface area contributed by atoms with Gasteiger partial charge in [-0.2, -0.15) is 0 Å². The molecule has 0 bridgehead atoms. The first-order chi connectivity index (χ1) is 18.4. The number of para-hydroxylation sites is 2. The maximum atomic E-state index is 13.8. The number of ether oxygens (including phenoxy) is 2. The number of carbonyl (C=O) groups excluding carboxylic acids is 2. The van der Waals surface area contributed by atoms with Crippen LogP contribution in [0.15, 0.2) is 72.8 Å². The quantitative estimate of drug-likeness (QED) is 0.312. The average molecular weight is 556 g/mol. The molecule has 1 atom stereocenters. The average Bonchev–Trinajstić information content (AvgIpc) is 3.44. The summed E-state index contributed by atoms with van der Waals surface area (Å²) in [5.41, 5.74) is 1.64. The standard InChI is InChI=1S/C30H32Cl2N2O4/c1-37-27-13-7-8-14-28(27)38-20-29(35)34(19-22-15-16-23(31)18-25(22)32)26(17-21-9-3-2-4-10-21)30(36)33-24-11-5-6-12-24/h2-4,7-10,13-16,18,24,26H,5-6,11-12,17,19-20H2,1H3,(H,33,36)/t26-/m0/s1. The van der Waals surface area contributed by atoms with Crippen LogP contribution in [0.4, 0.5) is 0 Å². The lowest BCUT2D eigenvalue weighted by Gasteiger charge is -2.32. The van der Waals surface area contributed by atoms with Gasteiger partial charge in [0.2, 0.25) is 5.91 Å². The van der Waals surface area contributed by atoms with E-state index in [1.165, 1.54) is 0 Å². The minimum absolute atomic E-state index is 0.113. The molecule has 1 N–H and O–H groups in total. The minimum atomic E-state index is -0.765. The van der Waals surface area contributed by atoms with E-state index in [0.717, 1.165) is 31.2 Å². The number of methoxy groups -OCH3 is 1. The number of nitrogens with one attached hydrogen (secondary N) is 1. The van der Waals surface area contributed by atoms with Crippen LogP contribution in [-0.2, 0) is 22.6 Å². The molecule has 1 aliphatic carbocycles. The molecule has 1 fully saturated rings. The zero-order valence-corrected chi connectivity index (χ0v) is 22.9. The third-order valence-corrected chi connectivity index (χ3v) is 7.34. The monoisotopic (exact) mass is 554 g/mol. The van der Waals surface area contributed by atoms with E-state index < -0.39 is 6.04 Å². The van der Waals surface area contributed by atoms with Crippen LogP contribution in [-0.4, -0.2) is 42.5 Å². The van der Waals surface area contributed by atoms with E-state index in [1.54, 1.807) is 48.4 Å². The molecule has 1 saturated carbocycles. The SMILES string of the molecule is COc1ccccc1OCC(=O)N(Cc1ccc(Cl)cc1Cl)[C@@H](Cc1ccccc1)C(=O)NC1CCCC1. The Balaban J connectivity index is 1.64. The second-order valence-corrected chi connectivity index (χ2v) is 10.2. The van der Waals surface area contributed by atoms with Gasteiger partial charge < -0.3 is 19.7 Å². The summed E-state index contributed by atoms with van der Waals surface area (Å²) in [5, 5.41) is 4.11. The van der Waals surface area contributed by atoms with E-state index in [2.05, 4.69) is 5.32 Å². The van der Waals surface area contributed by atoms with E-state index >= 15 is 0 Å². The van der Waals surface area contributed by atoms with Gasteiger partial charge in [0.15, 0.2) is 18.1 Å². The molecule has 8 heteroatoms. The van der Waals surface area contributed by atoms with Gasteiger partial charge in [0.05, 0.1) is 7.11 Å². The van der Waals surface area contributed by atoms with Crippen LogP contribution in [0.5, 0.6) is 11.5 Å². The summed E-state index contributed by atoms with van der Waals surface area (Å²) in [7, 11) is 1.54. The molecule has 0 heterocycles. The Hall–Kier alpha value is -3.22. The number of halogens is 2. The van der Waals surface area contributed by atoms with Gasteiger partial charge in [0, 0.05) is 29.1 Å². The van der Waals surface area contributed by atoms with Gasteiger partial charge in [-0.15, -0.1) is 0 Å². The molecule has 0 aliphatic heterocycles. The number of rotatable bonds is 11. The van der Waals surface area contributed by atoms with Crippen molar-refractivity contribution in [2.75, 3.05) is 13.7 Å². The van der Waals surface area contributed by atoms with Crippen LogP contribution in [0.1, 0.15) is 36.8 Å². The van der Waals surface area contributed by atoms with Crippen molar-refractivity contribution >= 4 is 35.0 Å². The summed E-state index contributed by atoms with van der Waals surface area (Å²) < 4.78 is 11.2. The smallest absolute Gasteiger partial charge is 0.261 e. The zero-order valence-electron chi connectivity index (χ0n) is 21.4. The summed E-state index contributed by atoms with van der Waals surface area (Å²) in [6, 6.07) is 21.3. The lowest BCUT2D eigenvalue weighted by Crippen LogP contribution is -2.53. The Morgan fingerprint density at radius 2 is 1.66 bits per heavy atom. The molecule has 1 aliphatic rings. The van der Waals surface area contributed by atoms with E-state index in [4.69, 9.17) is 32.7 Å². The fourth-order valence-electron chi connectivity index (χ4n) is 4.72. The molecule has 200 valence electrons. The van der Waals surface area contributed by atoms with Crippen molar-refractivity contribution in [3.63, 3.8) is 0 Å². The third kappa shape index (κ3) is 7.42. The van der Waals surface area contributed by atoms with Crippen LogP contribution in [0, 0.1) is 0 Å². The van der Waals surface area contributed by atoms with Crippen molar-refractivity contribution in [1.29, 1.82) is 0 Å². The molecular weight excluding hydrogens is 523 g/mol. The molecule has 3 aromatic carbocycles. The second-order valence-electron chi connectivity index (χ2n) is 9.39. The lowest BCUT2D eigenvalue weighted by molar-refractivity contribution is -0.143. The normalized spacial score (nSPS) is 14.1. The van der Waals surface area contributed by atoms with E-state index in [-0.39, 0.29) is 31.0 Å². The number of nitrogens with zero attached hydrogens (tertiary/aromatic N) is 1. The topological polar surface area (TPSA) is 67.9 Å². The van der Waals surface area contributed by atoms with Crippen LogP contribution in [0.2, 0.25) is 10.0 Å². The molecule has 4 rings (SSSR count). The number of carbonyl (C=O) groups is 2. The maximum absolute atomic E-state index is 13.8. The van der Waals surface area contributed by atoms with Gasteiger partial charge in [0.1, 0.15) is 6.04 Å². The van der Waals surface area contributed by atoms with Gasteiger partial charge in [0.25, 0.3) is 5.91 Å². The number of amides is 2. The van der Waals surface area contributed by atoms with Gasteiger partial charge in [-0.25, -0.2) is 0 Å². The lowest BCUT2D eigenvalue weighted by atomic mass is 10.0. The fraction of sp³-hybridized carbons (Fsp3) is 0.333. The summed E-state index contributed by atoms with van der Waals surface area (Å²) in [4.78, 5) is 29.1. The van der Waals surface area contributed by atoms with E-state index in [1.807, 2.05) is 36.4 Å². The highest BCUT2D eigenvalue weighted by atomic mass is 35.5. The molecule has 0 spiro atoms. The Morgan fingerprint density at radius 1 is 0.974 bits per heavy atom. The van der Waals surface area contributed by atoms with Crippen LogP contribution in [0.3, 0.4) is 0 Å². The summed E-state index contributed by atoms with van der Waals surface area (Å²) in [6.45, 7) is -0.146. The highest BCUT2D eigenvalue weighted by Gasteiger charge is 2.33. The van der Waals surface area contributed by atoms with E-state index in [9.17, 15) is 9.59 Å². The number of hydrogen-bond acceptors (Lipinski definition) is 4. The van der Waals surface area contributed by atoms with Gasteiger partial charge >= 0.3 is 0 Å². The Morgan fingerprint density at radius 3 is 2.34 bits per heavy atom. The molecule has 0 radical (unpaired) electrons. The Kier molecular flexibility index (Phi) is 9.91. The summed E-state index contributed by atoms with van der Waals surface area (Å²) in [6.07, 6.45) is 4.41. The first kappa shape index (κ1) is 27.8. The van der Waals surface area contributed by atoms with Crippen molar-refractivity contribution in [3.8, 4) is 11.5 Å². The molecule has 6 nitrogen and oxygen atoms in total. The number of benzene rings is 3. The molecule has 0 saturated heterocycles. The summed E-state index contributed by atoms with van der Waals surface area (Å²) >= 11 is 12.6. The molecule has 38 heavy (non-hydrogen) atoms. The first-order valence-electron chi connectivity index (χ1n) is 12.8. The number of hydrogen-bond donors (Lipinski definition) is 1. The molecule has 3 aromatic rings. The second kappa shape index (κ2) is 13.5. The van der Waals surface area contributed by atoms with Crippen molar-refractivity contribution in [2.45, 2.75) is 50.7 Å². The van der Waals surface area contributed by atoms with Gasteiger partial charge in [-0.1, -0.05) is 84.6 Å². The highest BCUT2D eigenvalue weighted by molar-refractivity contribution is 6.35. The van der Waals surface area contributed by atoms with E-state index in [0.29, 0.717) is 33.5 Å². The zero-order chi connectivity index (χ0) is 26.9. The van der Waals surface area contributed by atoms with Crippen molar-refractivity contribution < 1.29 is 19.1 Å². The van der Waals surface area contributed by atoms with Crippen molar-refractivity contribution in [1.82, 2.24) is 10.2 Å². The molecule has 0 unspecified atom stereocenters. The predicted molar refractivity (Wildman–Crippen MR) is 150 cm³/mol. The van der Waals surface area contributed by atoms with Crippen LogP contribution < -0.4 is 14.8 Å². The Bertz CT molecular complexity index is 1230. The minimum Gasteiger partial charge on any atom is -0.493 e. The molecular formula is C30H32Cl2N2O4. The van der Waals surface area contributed by atoms with Crippen LogP contribution in [0.25, 0.3) is 0 Å². The largest absolute Gasteiger partial charge is 0.493 e. The summed E-state index contributed by atoms with van der Waals surface area (Å²) in [5.74, 6) is 0.441. The highest BCUT2D eigenvalue weighted by Crippen LogP contribution is 2.27. The maximum Gasteiger partial charge on any atom is 0.261 e. The fourth-order valence-corrected chi connectivity index (χ4v) is 5.18. The molecule has 2 amide bonds. The first-order valence-corrected chi connectivity index (χ1v) is 13.5. The molecule has 0 aromatic heterocycles. The van der Waals surface area contributed by atoms with Gasteiger partial charge in [-0.05, 0) is 48.2 Å². The predicted octanol–water partition coefficient (Wildman–Crippen LogP) is 6.08.